The van der Waals surface area contributed by atoms with Crippen LogP contribution in [0.3, 0.4) is 0 Å². The van der Waals surface area contributed by atoms with Gasteiger partial charge in [0.1, 0.15) is 0 Å². The Morgan fingerprint density at radius 3 is 2.86 bits per heavy atom. The number of nitrogens with zero attached hydrogens (tertiary/aromatic N) is 3. The number of rotatable bonds is 7. The Morgan fingerprint density at radius 2 is 2.24 bits per heavy atom. The molecule has 1 atom stereocenters. The molecule has 7 nitrogen and oxygen atoms in total. The highest BCUT2D eigenvalue weighted by atomic mass is 16.5. The van der Waals surface area contributed by atoms with Gasteiger partial charge >= 0.3 is 0 Å². The van der Waals surface area contributed by atoms with Crippen LogP contribution in [0.4, 0.5) is 0 Å². The van der Waals surface area contributed by atoms with Crippen LogP contribution in [-0.2, 0) is 27.2 Å². The topological polar surface area (TPSA) is 92.3 Å². The van der Waals surface area contributed by atoms with Gasteiger partial charge in [-0.1, -0.05) is 12.1 Å². The second-order valence-corrected chi connectivity index (χ2v) is 5.69. The monoisotopic (exact) mass is 296 g/mol. The third kappa shape index (κ3) is 4.25. The van der Waals surface area contributed by atoms with E-state index < -0.39 is 0 Å². The molecular weight excluding hydrogens is 272 g/mol. The molecule has 1 aliphatic rings. The first kappa shape index (κ1) is 15.9. The van der Waals surface area contributed by atoms with E-state index in [2.05, 4.69) is 17.2 Å². The SMILES string of the molecule is COCC(C)Cn1nnc(CC(N)=O)c1C1CCOCC1. The van der Waals surface area contributed by atoms with E-state index >= 15 is 0 Å². The largest absolute Gasteiger partial charge is 0.384 e. The first-order chi connectivity index (χ1) is 10.1. The fraction of sp³-hybridized carbons (Fsp3) is 0.786. The molecule has 0 radical (unpaired) electrons. The van der Waals surface area contributed by atoms with Gasteiger partial charge in [0.25, 0.3) is 0 Å². The molecule has 1 unspecified atom stereocenters. The van der Waals surface area contributed by atoms with Gasteiger partial charge in [-0.25, -0.2) is 4.68 Å². The summed E-state index contributed by atoms with van der Waals surface area (Å²) in [5, 5.41) is 8.40. The van der Waals surface area contributed by atoms with Crippen LogP contribution < -0.4 is 5.73 Å². The summed E-state index contributed by atoms with van der Waals surface area (Å²) in [5.41, 5.74) is 7.07. The molecule has 0 aromatic carbocycles. The minimum absolute atomic E-state index is 0.144. The van der Waals surface area contributed by atoms with Crippen molar-refractivity contribution >= 4 is 5.91 Å². The maximum absolute atomic E-state index is 11.2. The molecule has 1 aromatic rings. The number of aromatic nitrogens is 3. The summed E-state index contributed by atoms with van der Waals surface area (Å²) >= 11 is 0. The number of ether oxygens (including phenoxy) is 2. The first-order valence-corrected chi connectivity index (χ1v) is 7.39. The maximum atomic E-state index is 11.2. The number of hydrogen-bond acceptors (Lipinski definition) is 5. The van der Waals surface area contributed by atoms with Crippen molar-refractivity contribution < 1.29 is 14.3 Å². The lowest BCUT2D eigenvalue weighted by atomic mass is 9.93. The van der Waals surface area contributed by atoms with Crippen LogP contribution in [0.5, 0.6) is 0 Å². The second kappa shape index (κ2) is 7.51. The molecule has 1 aliphatic heterocycles. The number of nitrogens with two attached hydrogens (primary N) is 1. The quantitative estimate of drug-likeness (QED) is 0.790. The van der Waals surface area contributed by atoms with Gasteiger partial charge in [0, 0.05) is 32.8 Å². The van der Waals surface area contributed by atoms with Gasteiger partial charge < -0.3 is 15.2 Å². The molecule has 1 fully saturated rings. The van der Waals surface area contributed by atoms with E-state index in [0.29, 0.717) is 24.1 Å². The Morgan fingerprint density at radius 1 is 1.52 bits per heavy atom. The maximum Gasteiger partial charge on any atom is 0.223 e. The number of carbonyl (C=O) groups excluding carboxylic acids is 1. The van der Waals surface area contributed by atoms with Crippen molar-refractivity contribution in [2.45, 2.75) is 38.6 Å². The van der Waals surface area contributed by atoms with Crippen LogP contribution in [0.25, 0.3) is 0 Å². The average Bonchev–Trinajstić information content (AvgIpc) is 2.81. The molecule has 0 saturated carbocycles. The Labute approximate surface area is 124 Å². The Balaban J connectivity index is 2.22. The van der Waals surface area contributed by atoms with Gasteiger partial charge in [-0.2, -0.15) is 0 Å². The highest BCUT2D eigenvalue weighted by molar-refractivity contribution is 5.76. The van der Waals surface area contributed by atoms with E-state index in [4.69, 9.17) is 15.2 Å². The van der Waals surface area contributed by atoms with E-state index in [-0.39, 0.29) is 12.3 Å². The fourth-order valence-corrected chi connectivity index (χ4v) is 2.83. The van der Waals surface area contributed by atoms with Gasteiger partial charge in [-0.15, -0.1) is 5.10 Å². The second-order valence-electron chi connectivity index (χ2n) is 5.69. The minimum atomic E-state index is -0.375. The summed E-state index contributed by atoms with van der Waals surface area (Å²) in [4.78, 5) is 11.2. The molecule has 21 heavy (non-hydrogen) atoms. The zero-order chi connectivity index (χ0) is 15.2. The molecular formula is C14H24N4O3. The standard InChI is InChI=1S/C14H24N4O3/c1-10(9-20-2)8-18-14(11-3-5-21-6-4-11)12(16-17-18)7-13(15)19/h10-11H,3-9H2,1-2H3,(H2,15,19). The summed E-state index contributed by atoms with van der Waals surface area (Å²) in [6.45, 7) is 4.97. The predicted octanol–water partition coefficient (Wildman–Crippen LogP) is 0.482. The normalized spacial score (nSPS) is 17.8. The molecule has 0 aliphatic carbocycles. The van der Waals surface area contributed by atoms with Gasteiger partial charge in [0.15, 0.2) is 0 Å². The van der Waals surface area contributed by atoms with Crippen molar-refractivity contribution in [1.82, 2.24) is 15.0 Å². The Bertz CT molecular complexity index is 469. The molecule has 2 N–H and O–H groups in total. The van der Waals surface area contributed by atoms with Gasteiger partial charge in [-0.05, 0) is 18.8 Å². The van der Waals surface area contributed by atoms with Crippen molar-refractivity contribution in [2.75, 3.05) is 26.9 Å². The highest BCUT2D eigenvalue weighted by Gasteiger charge is 2.26. The van der Waals surface area contributed by atoms with E-state index in [0.717, 1.165) is 38.3 Å². The van der Waals surface area contributed by atoms with Crippen molar-refractivity contribution in [3.05, 3.63) is 11.4 Å². The van der Waals surface area contributed by atoms with Gasteiger partial charge in [0.05, 0.1) is 24.4 Å². The third-order valence-electron chi connectivity index (χ3n) is 3.73. The van der Waals surface area contributed by atoms with E-state index in [1.54, 1.807) is 7.11 Å². The number of primary amides is 1. The molecule has 7 heteroatoms. The lowest BCUT2D eigenvalue weighted by Gasteiger charge is -2.24. The van der Waals surface area contributed by atoms with Crippen molar-refractivity contribution in [2.24, 2.45) is 11.7 Å². The Kier molecular flexibility index (Phi) is 5.69. The zero-order valence-corrected chi connectivity index (χ0v) is 12.7. The van der Waals surface area contributed by atoms with Crippen molar-refractivity contribution in [3.63, 3.8) is 0 Å². The van der Waals surface area contributed by atoms with Crippen LogP contribution in [0, 0.1) is 5.92 Å². The van der Waals surface area contributed by atoms with Crippen molar-refractivity contribution in [3.8, 4) is 0 Å². The van der Waals surface area contributed by atoms with E-state index in [1.807, 2.05) is 4.68 Å². The molecule has 2 rings (SSSR count). The van der Waals surface area contributed by atoms with Crippen LogP contribution in [0.15, 0.2) is 0 Å². The zero-order valence-electron chi connectivity index (χ0n) is 12.7. The number of methoxy groups -OCH3 is 1. The number of hydrogen-bond donors (Lipinski definition) is 1. The smallest absolute Gasteiger partial charge is 0.223 e. The van der Waals surface area contributed by atoms with Gasteiger partial charge in [-0.3, -0.25) is 4.79 Å². The molecule has 1 aromatic heterocycles. The van der Waals surface area contributed by atoms with Crippen LogP contribution in [0.1, 0.15) is 37.1 Å². The molecule has 118 valence electrons. The molecule has 1 saturated heterocycles. The summed E-state index contributed by atoms with van der Waals surface area (Å²) in [5.74, 6) is 0.287. The van der Waals surface area contributed by atoms with E-state index in [1.165, 1.54) is 0 Å². The van der Waals surface area contributed by atoms with Crippen LogP contribution >= 0.6 is 0 Å². The molecule has 1 amide bonds. The van der Waals surface area contributed by atoms with Crippen LogP contribution in [-0.4, -0.2) is 47.8 Å². The van der Waals surface area contributed by atoms with E-state index in [9.17, 15) is 4.79 Å². The highest BCUT2D eigenvalue weighted by Crippen LogP contribution is 2.29. The number of carbonyl (C=O) groups is 1. The molecule has 0 spiro atoms. The fourth-order valence-electron chi connectivity index (χ4n) is 2.83. The molecule has 0 bridgehead atoms. The van der Waals surface area contributed by atoms with Gasteiger partial charge in [0.2, 0.25) is 5.91 Å². The predicted molar refractivity (Wildman–Crippen MR) is 76.8 cm³/mol. The first-order valence-electron chi connectivity index (χ1n) is 7.39. The lowest BCUT2D eigenvalue weighted by molar-refractivity contribution is -0.117. The third-order valence-corrected chi connectivity index (χ3v) is 3.73. The summed E-state index contributed by atoms with van der Waals surface area (Å²) in [6, 6.07) is 0. The van der Waals surface area contributed by atoms with Crippen molar-refractivity contribution in [1.29, 1.82) is 0 Å². The minimum Gasteiger partial charge on any atom is -0.384 e. The summed E-state index contributed by atoms with van der Waals surface area (Å²) in [7, 11) is 1.69. The lowest BCUT2D eigenvalue weighted by Crippen LogP contribution is -2.23. The number of amides is 1. The summed E-state index contributed by atoms with van der Waals surface area (Å²) in [6.07, 6.45) is 2.00. The summed E-state index contributed by atoms with van der Waals surface area (Å²) < 4.78 is 12.5. The Hall–Kier alpha value is -1.47. The van der Waals surface area contributed by atoms with Crippen LogP contribution in [0.2, 0.25) is 0 Å². The average molecular weight is 296 g/mol. The molecule has 2 heterocycles.